The van der Waals surface area contributed by atoms with E-state index in [4.69, 9.17) is 16.3 Å². The molecule has 1 atom stereocenters. The zero-order valence-corrected chi connectivity index (χ0v) is 12.9. The first-order valence-corrected chi connectivity index (χ1v) is 7.50. The molecule has 23 heavy (non-hydrogen) atoms. The van der Waals surface area contributed by atoms with Gasteiger partial charge >= 0.3 is 0 Å². The number of halogens is 1. The summed E-state index contributed by atoms with van der Waals surface area (Å²) in [6.45, 7) is 0. The molecule has 3 nitrogen and oxygen atoms in total. The average Bonchev–Trinajstić information content (AvgIpc) is 2.56. The van der Waals surface area contributed by atoms with E-state index in [0.29, 0.717) is 10.8 Å². The first-order chi connectivity index (χ1) is 11.1. The van der Waals surface area contributed by atoms with Crippen molar-refractivity contribution < 1.29 is 14.9 Å². The second-order valence-electron chi connectivity index (χ2n) is 5.13. The molecule has 0 fully saturated rings. The maximum absolute atomic E-state index is 9.48. The summed E-state index contributed by atoms with van der Waals surface area (Å²) in [5, 5.41) is 19.5. The van der Waals surface area contributed by atoms with Crippen molar-refractivity contribution in [3.8, 4) is 17.2 Å². The van der Waals surface area contributed by atoms with Gasteiger partial charge in [-0.15, -0.1) is 0 Å². The third-order valence-corrected chi connectivity index (χ3v) is 3.71. The maximum atomic E-state index is 9.48. The van der Waals surface area contributed by atoms with Crippen LogP contribution in [0.1, 0.15) is 17.2 Å². The van der Waals surface area contributed by atoms with Gasteiger partial charge in [0, 0.05) is 5.02 Å². The quantitative estimate of drug-likeness (QED) is 0.715. The number of benzene rings is 3. The molecule has 1 unspecified atom stereocenters. The number of hydrogen-bond donors (Lipinski definition) is 2. The summed E-state index contributed by atoms with van der Waals surface area (Å²) < 4.78 is 6.09. The van der Waals surface area contributed by atoms with Crippen LogP contribution in [-0.4, -0.2) is 10.2 Å². The van der Waals surface area contributed by atoms with Crippen molar-refractivity contribution in [3.05, 3.63) is 88.9 Å². The lowest BCUT2D eigenvalue weighted by molar-refractivity contribution is 0.247. The maximum Gasteiger partial charge on any atom is 0.149 e. The van der Waals surface area contributed by atoms with Gasteiger partial charge < -0.3 is 14.9 Å². The van der Waals surface area contributed by atoms with E-state index in [1.54, 1.807) is 36.4 Å². The minimum absolute atomic E-state index is 0.185. The topological polar surface area (TPSA) is 49.7 Å². The smallest absolute Gasteiger partial charge is 0.149 e. The highest BCUT2D eigenvalue weighted by molar-refractivity contribution is 6.30. The highest BCUT2D eigenvalue weighted by Gasteiger charge is 2.16. The van der Waals surface area contributed by atoms with Crippen molar-refractivity contribution in [2.24, 2.45) is 0 Å². The molecule has 0 aliphatic rings. The molecule has 0 spiro atoms. The predicted octanol–water partition coefficient (Wildman–Crippen LogP) is 4.92. The van der Waals surface area contributed by atoms with E-state index in [2.05, 4.69) is 0 Å². The van der Waals surface area contributed by atoms with Crippen molar-refractivity contribution in [3.63, 3.8) is 0 Å². The standard InChI is InChI=1S/C19H15ClO3/c20-15-5-1-13(2-6-15)19(14-3-7-16(21)8-4-14)23-18-11-9-17(22)10-12-18/h1-12,19,21-22H. The summed E-state index contributed by atoms with van der Waals surface area (Å²) in [5.74, 6) is 1.02. The molecule has 3 rings (SSSR count). The molecule has 0 bridgehead atoms. The van der Waals surface area contributed by atoms with E-state index in [0.717, 1.165) is 11.1 Å². The summed E-state index contributed by atoms with van der Waals surface area (Å²) in [6.07, 6.45) is -0.350. The van der Waals surface area contributed by atoms with Crippen molar-refractivity contribution in [2.75, 3.05) is 0 Å². The molecule has 0 amide bonds. The zero-order chi connectivity index (χ0) is 16.2. The van der Waals surface area contributed by atoms with Crippen LogP contribution in [0.3, 0.4) is 0 Å². The van der Waals surface area contributed by atoms with E-state index >= 15 is 0 Å². The molecule has 3 aromatic carbocycles. The molecule has 0 aliphatic heterocycles. The van der Waals surface area contributed by atoms with E-state index in [1.807, 2.05) is 36.4 Å². The molecule has 116 valence electrons. The molecule has 0 radical (unpaired) electrons. The Bertz CT molecular complexity index is 720. The van der Waals surface area contributed by atoms with Gasteiger partial charge in [0.25, 0.3) is 0 Å². The lowest BCUT2D eigenvalue weighted by atomic mass is 10.0. The fourth-order valence-corrected chi connectivity index (χ4v) is 2.40. The highest BCUT2D eigenvalue weighted by Crippen LogP contribution is 2.30. The Hall–Kier alpha value is -2.65. The monoisotopic (exact) mass is 326 g/mol. The third kappa shape index (κ3) is 3.76. The fraction of sp³-hybridized carbons (Fsp3) is 0.0526. The van der Waals surface area contributed by atoms with Crippen LogP contribution in [0.25, 0.3) is 0 Å². The summed E-state index contributed by atoms with van der Waals surface area (Å²) in [4.78, 5) is 0. The number of aromatic hydroxyl groups is 2. The minimum Gasteiger partial charge on any atom is -0.508 e. The fourth-order valence-electron chi connectivity index (χ4n) is 2.28. The van der Waals surface area contributed by atoms with Crippen LogP contribution < -0.4 is 4.74 Å². The molecule has 2 N–H and O–H groups in total. The Labute approximate surface area is 139 Å². The van der Waals surface area contributed by atoms with Gasteiger partial charge in [0.1, 0.15) is 23.4 Å². The van der Waals surface area contributed by atoms with Gasteiger partial charge in [0.05, 0.1) is 0 Å². The van der Waals surface area contributed by atoms with E-state index in [9.17, 15) is 10.2 Å². The van der Waals surface area contributed by atoms with Crippen molar-refractivity contribution >= 4 is 11.6 Å². The second-order valence-corrected chi connectivity index (χ2v) is 5.57. The van der Waals surface area contributed by atoms with Gasteiger partial charge in [-0.3, -0.25) is 0 Å². The summed E-state index contributed by atoms with van der Waals surface area (Å²) in [6, 6.07) is 20.9. The number of ether oxygens (including phenoxy) is 1. The molecule has 0 aliphatic carbocycles. The van der Waals surface area contributed by atoms with Gasteiger partial charge in [-0.1, -0.05) is 35.9 Å². The zero-order valence-electron chi connectivity index (χ0n) is 12.2. The van der Waals surface area contributed by atoms with E-state index in [1.165, 1.54) is 0 Å². The van der Waals surface area contributed by atoms with Gasteiger partial charge in [-0.25, -0.2) is 0 Å². The Morgan fingerprint density at radius 1 is 0.652 bits per heavy atom. The van der Waals surface area contributed by atoms with Crippen LogP contribution in [0.4, 0.5) is 0 Å². The van der Waals surface area contributed by atoms with Crippen LogP contribution >= 0.6 is 11.6 Å². The van der Waals surface area contributed by atoms with Crippen LogP contribution in [0, 0.1) is 0 Å². The predicted molar refractivity (Wildman–Crippen MR) is 90.1 cm³/mol. The minimum atomic E-state index is -0.350. The summed E-state index contributed by atoms with van der Waals surface area (Å²) in [5.41, 5.74) is 1.84. The Kier molecular flexibility index (Phi) is 4.40. The Morgan fingerprint density at radius 2 is 1.09 bits per heavy atom. The lowest BCUT2D eigenvalue weighted by Gasteiger charge is -2.20. The van der Waals surface area contributed by atoms with Gasteiger partial charge in [0.15, 0.2) is 0 Å². The van der Waals surface area contributed by atoms with Gasteiger partial charge in [0.2, 0.25) is 0 Å². The van der Waals surface area contributed by atoms with Crippen LogP contribution in [0.2, 0.25) is 5.02 Å². The number of rotatable bonds is 4. The van der Waals surface area contributed by atoms with E-state index in [-0.39, 0.29) is 17.6 Å². The van der Waals surface area contributed by atoms with Crippen molar-refractivity contribution in [1.82, 2.24) is 0 Å². The number of phenolic OH excluding ortho intramolecular Hbond substituents is 2. The summed E-state index contributed by atoms with van der Waals surface area (Å²) >= 11 is 5.96. The van der Waals surface area contributed by atoms with Crippen molar-refractivity contribution in [1.29, 1.82) is 0 Å². The van der Waals surface area contributed by atoms with E-state index < -0.39 is 0 Å². The summed E-state index contributed by atoms with van der Waals surface area (Å²) in [7, 11) is 0. The second kappa shape index (κ2) is 6.63. The molecule has 0 saturated carbocycles. The van der Waals surface area contributed by atoms with Gasteiger partial charge in [-0.2, -0.15) is 0 Å². The average molecular weight is 327 g/mol. The molecule has 4 heteroatoms. The number of hydrogen-bond acceptors (Lipinski definition) is 3. The Morgan fingerprint density at radius 3 is 1.61 bits per heavy atom. The molecule has 0 saturated heterocycles. The van der Waals surface area contributed by atoms with Crippen LogP contribution in [-0.2, 0) is 0 Å². The third-order valence-electron chi connectivity index (χ3n) is 3.46. The lowest BCUT2D eigenvalue weighted by Crippen LogP contribution is -2.09. The van der Waals surface area contributed by atoms with Gasteiger partial charge in [-0.05, 0) is 59.7 Å². The molecule has 0 aromatic heterocycles. The van der Waals surface area contributed by atoms with Crippen molar-refractivity contribution in [2.45, 2.75) is 6.10 Å². The molecule has 3 aromatic rings. The largest absolute Gasteiger partial charge is 0.508 e. The molecule has 0 heterocycles. The van der Waals surface area contributed by atoms with Crippen LogP contribution in [0.15, 0.2) is 72.8 Å². The molecular formula is C19H15ClO3. The normalized spacial score (nSPS) is 11.9. The SMILES string of the molecule is Oc1ccc(OC(c2ccc(O)cc2)c2ccc(Cl)cc2)cc1. The Balaban J connectivity index is 1.97. The first kappa shape index (κ1) is 15.3. The molecular weight excluding hydrogens is 312 g/mol. The number of phenols is 2. The highest BCUT2D eigenvalue weighted by atomic mass is 35.5. The van der Waals surface area contributed by atoms with Crippen LogP contribution in [0.5, 0.6) is 17.2 Å². The first-order valence-electron chi connectivity index (χ1n) is 7.12.